The standard InChI is InChI=1S/C33H43ClN2O6S/c1-22-6-5-14-33(39,15-17-37)29-12-9-26(29)20-36-16-4-3-7-24-18-28(34)11-8-27(24)21-42-31-13-10-25(19-30(31)36)32(38)35-43(40,41)23(22)2/h5,8,10-11,13-14,18-19,22-23,26,29,37,39H,3-4,6-7,9,12,15-17,20-21H2,1-2H3,(H,35,38)/b14-5+/t22-,23+,26-,29+,33+/m0/s1. The number of aryl methyl sites for hydroxylation is 1. The molecule has 0 unspecified atom stereocenters. The SMILES string of the molecule is C[C@@H]1[C@@H](C)C/C=C/[C@@](O)(CCO)[C@@H]2CC[C@H]2CN2CCCCc3cc(Cl)ccc3COc3ccc(cc32)C(=O)NS1(=O)=O. The molecule has 10 heteroatoms. The molecule has 5 atom stereocenters. The van der Waals surface area contributed by atoms with Crippen LogP contribution in [0.15, 0.2) is 48.6 Å². The van der Waals surface area contributed by atoms with E-state index in [1.807, 2.05) is 31.2 Å². The van der Waals surface area contributed by atoms with Crippen molar-refractivity contribution in [2.75, 3.05) is 24.6 Å². The molecule has 1 saturated carbocycles. The summed E-state index contributed by atoms with van der Waals surface area (Å²) >= 11 is 6.31. The van der Waals surface area contributed by atoms with Gasteiger partial charge in [0.05, 0.1) is 16.5 Å². The van der Waals surface area contributed by atoms with Crippen molar-refractivity contribution in [3.05, 3.63) is 70.3 Å². The van der Waals surface area contributed by atoms with Crippen LogP contribution in [0.25, 0.3) is 0 Å². The minimum Gasteiger partial charge on any atom is -0.487 e. The number of ether oxygens (including phenoxy) is 1. The van der Waals surface area contributed by atoms with Crippen LogP contribution in [0.4, 0.5) is 5.69 Å². The minimum absolute atomic E-state index is 0.0549. The van der Waals surface area contributed by atoms with Crippen molar-refractivity contribution in [2.24, 2.45) is 17.8 Å². The molecule has 3 N–H and O–H groups in total. The van der Waals surface area contributed by atoms with E-state index in [1.165, 1.54) is 0 Å². The average molecular weight is 631 g/mol. The number of halogens is 1. The summed E-state index contributed by atoms with van der Waals surface area (Å²) in [6.07, 6.45) is 8.67. The van der Waals surface area contributed by atoms with Gasteiger partial charge in [0.1, 0.15) is 12.4 Å². The van der Waals surface area contributed by atoms with Crippen LogP contribution in [0, 0.1) is 17.8 Å². The number of nitrogens with one attached hydrogen (secondary N) is 1. The number of carbonyl (C=O) groups excluding carboxylic acids is 1. The molecule has 0 spiro atoms. The van der Waals surface area contributed by atoms with Crippen LogP contribution in [0.3, 0.4) is 0 Å². The number of fused-ring (bicyclic) bond motifs is 3. The van der Waals surface area contributed by atoms with Gasteiger partial charge < -0.3 is 19.8 Å². The first-order valence-electron chi connectivity index (χ1n) is 15.4. The van der Waals surface area contributed by atoms with Crippen LogP contribution in [0.5, 0.6) is 5.75 Å². The summed E-state index contributed by atoms with van der Waals surface area (Å²) in [5, 5.41) is 21.5. The number of carbonyl (C=O) groups is 1. The van der Waals surface area contributed by atoms with Gasteiger partial charge in [0, 0.05) is 36.7 Å². The fraction of sp³-hybridized carbons (Fsp3) is 0.545. The van der Waals surface area contributed by atoms with Crippen molar-refractivity contribution in [3.8, 4) is 5.75 Å². The Morgan fingerprint density at radius 1 is 1.12 bits per heavy atom. The molecule has 0 radical (unpaired) electrons. The Bertz CT molecular complexity index is 1460. The topological polar surface area (TPSA) is 116 Å². The Morgan fingerprint density at radius 2 is 1.93 bits per heavy atom. The second-order valence-electron chi connectivity index (χ2n) is 12.5. The monoisotopic (exact) mass is 630 g/mol. The number of hydrogen-bond donors (Lipinski definition) is 3. The summed E-state index contributed by atoms with van der Waals surface area (Å²) in [6.45, 7) is 4.93. The van der Waals surface area contributed by atoms with Crippen molar-refractivity contribution in [1.29, 1.82) is 0 Å². The maximum atomic E-state index is 13.3. The van der Waals surface area contributed by atoms with Crippen molar-refractivity contribution < 1.29 is 28.2 Å². The third-order valence-corrected chi connectivity index (χ3v) is 11.9. The van der Waals surface area contributed by atoms with Gasteiger partial charge in [-0.2, -0.15) is 0 Å². The summed E-state index contributed by atoms with van der Waals surface area (Å²) in [4.78, 5) is 15.6. The summed E-state index contributed by atoms with van der Waals surface area (Å²) in [6, 6.07) is 10.9. The predicted octanol–water partition coefficient (Wildman–Crippen LogP) is 5.25. The molecule has 2 bridgehead atoms. The molecule has 2 aromatic rings. The fourth-order valence-electron chi connectivity index (χ4n) is 6.65. The highest BCUT2D eigenvalue weighted by Crippen LogP contribution is 2.46. The Morgan fingerprint density at radius 3 is 2.67 bits per heavy atom. The maximum absolute atomic E-state index is 13.3. The molecule has 1 amide bonds. The minimum atomic E-state index is -3.97. The lowest BCUT2D eigenvalue weighted by Gasteiger charge is -2.48. The van der Waals surface area contributed by atoms with Crippen LogP contribution < -0.4 is 14.4 Å². The Labute approximate surface area is 260 Å². The highest BCUT2D eigenvalue weighted by molar-refractivity contribution is 7.90. The molecule has 8 nitrogen and oxygen atoms in total. The van der Waals surface area contributed by atoms with Crippen LogP contribution in [0.1, 0.15) is 73.9 Å². The number of nitrogens with zero attached hydrogens (tertiary/aromatic N) is 1. The van der Waals surface area contributed by atoms with Gasteiger partial charge in [-0.25, -0.2) is 13.1 Å². The Balaban J connectivity index is 1.57. The molecule has 1 fully saturated rings. The first-order valence-corrected chi connectivity index (χ1v) is 17.3. The number of benzene rings is 2. The summed E-state index contributed by atoms with van der Waals surface area (Å²) in [5.74, 6) is -0.263. The van der Waals surface area contributed by atoms with Crippen LogP contribution in [-0.2, 0) is 23.1 Å². The summed E-state index contributed by atoms with van der Waals surface area (Å²) < 4.78 is 35.1. The number of amides is 1. The molecule has 43 heavy (non-hydrogen) atoms. The predicted molar refractivity (Wildman–Crippen MR) is 169 cm³/mol. The Hall–Kier alpha value is -2.59. The first-order chi connectivity index (χ1) is 20.5. The lowest BCUT2D eigenvalue weighted by Crippen LogP contribution is -2.50. The van der Waals surface area contributed by atoms with Gasteiger partial charge in [-0.05, 0) is 105 Å². The molecular weight excluding hydrogens is 588 g/mol. The maximum Gasteiger partial charge on any atom is 0.264 e. The number of allylic oxidation sites excluding steroid dienone is 1. The van der Waals surface area contributed by atoms with Gasteiger partial charge in [-0.3, -0.25) is 4.79 Å². The lowest BCUT2D eigenvalue weighted by molar-refractivity contribution is -0.0582. The quantitative estimate of drug-likeness (QED) is 0.388. The molecule has 1 aliphatic carbocycles. The third-order valence-electron chi connectivity index (χ3n) is 9.70. The van der Waals surface area contributed by atoms with Crippen molar-refractivity contribution in [2.45, 2.75) is 76.3 Å². The van der Waals surface area contributed by atoms with Crippen LogP contribution >= 0.6 is 11.6 Å². The molecule has 2 aliphatic heterocycles. The van der Waals surface area contributed by atoms with Crippen LogP contribution in [-0.4, -0.2) is 55.1 Å². The van der Waals surface area contributed by atoms with E-state index < -0.39 is 26.8 Å². The van der Waals surface area contributed by atoms with E-state index in [9.17, 15) is 23.4 Å². The van der Waals surface area contributed by atoms with Crippen molar-refractivity contribution in [1.82, 2.24) is 4.72 Å². The number of hydrogen-bond acceptors (Lipinski definition) is 7. The normalized spacial score (nSPS) is 30.3. The molecule has 0 saturated heterocycles. The van der Waals surface area contributed by atoms with Crippen molar-refractivity contribution in [3.63, 3.8) is 0 Å². The Kier molecular flexibility index (Phi) is 9.76. The van der Waals surface area contributed by atoms with E-state index in [2.05, 4.69) is 9.62 Å². The van der Waals surface area contributed by atoms with E-state index >= 15 is 0 Å². The van der Waals surface area contributed by atoms with Gasteiger partial charge in [0.2, 0.25) is 10.0 Å². The van der Waals surface area contributed by atoms with Crippen molar-refractivity contribution >= 4 is 33.2 Å². The van der Waals surface area contributed by atoms with E-state index in [4.69, 9.17) is 16.3 Å². The molecule has 0 aromatic heterocycles. The highest BCUT2D eigenvalue weighted by Gasteiger charge is 2.45. The third kappa shape index (κ3) is 7.06. The fourth-order valence-corrected chi connectivity index (χ4v) is 8.12. The van der Waals surface area contributed by atoms with E-state index in [0.717, 1.165) is 48.9 Å². The molecule has 2 aromatic carbocycles. The zero-order valence-electron chi connectivity index (χ0n) is 25.0. The first kappa shape index (κ1) is 31.8. The largest absolute Gasteiger partial charge is 0.487 e. The lowest BCUT2D eigenvalue weighted by atomic mass is 9.63. The molecule has 5 rings (SSSR count). The van der Waals surface area contributed by atoms with E-state index in [1.54, 1.807) is 31.2 Å². The number of sulfonamides is 1. The highest BCUT2D eigenvalue weighted by atomic mass is 35.5. The second-order valence-corrected chi connectivity index (χ2v) is 15.0. The van der Waals surface area contributed by atoms with Gasteiger partial charge in [-0.1, -0.05) is 36.7 Å². The molecular formula is C33H43ClN2O6S. The van der Waals surface area contributed by atoms with E-state index in [-0.39, 0.29) is 36.3 Å². The van der Waals surface area contributed by atoms with Crippen LogP contribution in [0.2, 0.25) is 5.02 Å². The average Bonchev–Trinajstić information content (AvgIpc) is 2.97. The van der Waals surface area contributed by atoms with Gasteiger partial charge >= 0.3 is 0 Å². The number of aliphatic hydroxyl groups excluding tert-OH is 1. The number of aliphatic hydroxyl groups is 2. The summed E-state index contributed by atoms with van der Waals surface area (Å²) in [5.41, 5.74) is 1.97. The zero-order valence-corrected chi connectivity index (χ0v) is 26.5. The summed E-state index contributed by atoms with van der Waals surface area (Å²) in [7, 11) is -3.97. The second kappa shape index (κ2) is 13.2. The molecule has 2 heterocycles. The van der Waals surface area contributed by atoms with Gasteiger partial charge in [-0.15, -0.1) is 0 Å². The van der Waals surface area contributed by atoms with Gasteiger partial charge in [0.15, 0.2) is 0 Å². The van der Waals surface area contributed by atoms with E-state index in [0.29, 0.717) is 36.9 Å². The molecule has 3 aliphatic rings. The molecule has 234 valence electrons. The smallest absolute Gasteiger partial charge is 0.264 e. The zero-order chi connectivity index (χ0) is 30.8. The number of rotatable bonds is 2. The number of anilines is 1. The van der Waals surface area contributed by atoms with Gasteiger partial charge in [0.25, 0.3) is 5.91 Å².